The molecule has 0 radical (unpaired) electrons. The number of aryl methyl sites for hydroxylation is 2. The van der Waals surface area contributed by atoms with Gasteiger partial charge in [-0.25, -0.2) is 4.79 Å². The van der Waals surface area contributed by atoms with Gasteiger partial charge in [0.05, 0.1) is 25.3 Å². The van der Waals surface area contributed by atoms with Crippen molar-refractivity contribution in [1.82, 2.24) is 9.47 Å². The zero-order chi connectivity index (χ0) is 16.6. The van der Waals surface area contributed by atoms with Crippen molar-refractivity contribution in [2.24, 2.45) is 0 Å². The lowest BCUT2D eigenvalue weighted by molar-refractivity contribution is 0.0580. The van der Waals surface area contributed by atoms with E-state index in [9.17, 15) is 9.90 Å². The van der Waals surface area contributed by atoms with Crippen molar-refractivity contribution in [2.45, 2.75) is 39.3 Å². The minimum Gasteiger partial charge on any atom is -0.464 e. The van der Waals surface area contributed by atoms with Gasteiger partial charge in [0, 0.05) is 18.2 Å². The number of ether oxygens (including phenoxy) is 1. The summed E-state index contributed by atoms with van der Waals surface area (Å²) in [4.78, 5) is 14.3. The van der Waals surface area contributed by atoms with E-state index in [4.69, 9.17) is 9.15 Å². The maximum atomic E-state index is 12.0. The summed E-state index contributed by atoms with van der Waals surface area (Å²) in [6.45, 7) is 6.90. The van der Waals surface area contributed by atoms with Crippen LogP contribution in [0, 0.1) is 13.8 Å². The molecule has 1 atom stereocenters. The Balaban J connectivity index is 1.91. The van der Waals surface area contributed by atoms with Crippen LogP contribution in [0.1, 0.15) is 34.7 Å². The van der Waals surface area contributed by atoms with Crippen LogP contribution in [0.25, 0.3) is 11.1 Å². The highest BCUT2D eigenvalue weighted by Gasteiger charge is 2.24. The molecule has 6 nitrogen and oxygen atoms in total. The fourth-order valence-corrected chi connectivity index (χ4v) is 3.39. The minimum absolute atomic E-state index is 0.351. The summed E-state index contributed by atoms with van der Waals surface area (Å²) in [5, 5.41) is 10.5. The van der Waals surface area contributed by atoms with Crippen LogP contribution in [0.5, 0.6) is 0 Å². The molecule has 2 aromatic rings. The van der Waals surface area contributed by atoms with Crippen molar-refractivity contribution in [3.8, 4) is 0 Å². The molecule has 126 valence electrons. The number of hydrogen-bond acceptors (Lipinski definition) is 5. The molecule has 1 fully saturated rings. The van der Waals surface area contributed by atoms with E-state index in [0.29, 0.717) is 24.4 Å². The Labute approximate surface area is 135 Å². The lowest BCUT2D eigenvalue weighted by atomic mass is 10.2. The largest absolute Gasteiger partial charge is 0.464 e. The van der Waals surface area contributed by atoms with Gasteiger partial charge in [-0.15, -0.1) is 0 Å². The number of carbonyl (C=O) groups is 1. The Hall–Kier alpha value is -1.79. The fourth-order valence-electron chi connectivity index (χ4n) is 3.39. The molecular weight excluding hydrogens is 296 g/mol. The summed E-state index contributed by atoms with van der Waals surface area (Å²) in [5.74, 6) is 0.413. The molecule has 23 heavy (non-hydrogen) atoms. The van der Waals surface area contributed by atoms with Gasteiger partial charge in [0.15, 0.2) is 5.58 Å². The minimum atomic E-state index is -0.540. The first kappa shape index (κ1) is 16.1. The van der Waals surface area contributed by atoms with Crippen LogP contribution < -0.4 is 0 Å². The topological polar surface area (TPSA) is 67.8 Å². The van der Waals surface area contributed by atoms with E-state index in [2.05, 4.69) is 4.90 Å². The number of β-amino-alcohol motifs (C(OH)–C–C–N with tert-alkyl or cyclic N) is 1. The molecule has 0 bridgehead atoms. The molecule has 1 saturated heterocycles. The average Bonchev–Trinajstić information content (AvgIpc) is 3.19. The molecule has 0 aliphatic carbocycles. The standard InChI is InChI=1S/C17H24N2O4/c1-11-12(2)23-15-8-14(17(21)22-3)19(16(11)15)10-13(20)9-18-6-4-5-7-18/h8,13,20H,4-7,9-10H2,1-3H3/t13-/m1/s1. The monoisotopic (exact) mass is 320 g/mol. The van der Waals surface area contributed by atoms with Crippen LogP contribution in [0.4, 0.5) is 0 Å². The second kappa shape index (κ2) is 6.37. The Bertz CT molecular complexity index is 710. The van der Waals surface area contributed by atoms with Crippen LogP contribution in [0.3, 0.4) is 0 Å². The summed E-state index contributed by atoms with van der Waals surface area (Å²) in [6.07, 6.45) is 1.84. The molecule has 0 amide bonds. The number of rotatable bonds is 5. The van der Waals surface area contributed by atoms with E-state index < -0.39 is 12.1 Å². The summed E-state index contributed by atoms with van der Waals surface area (Å²) < 4.78 is 12.4. The van der Waals surface area contributed by atoms with Gasteiger partial charge in [-0.05, 0) is 39.8 Å². The normalized spacial score (nSPS) is 17.0. The second-order valence-electron chi connectivity index (χ2n) is 6.29. The van der Waals surface area contributed by atoms with Gasteiger partial charge in [-0.3, -0.25) is 0 Å². The highest BCUT2D eigenvalue weighted by atomic mass is 16.5. The third-order valence-electron chi connectivity index (χ3n) is 4.66. The number of fused-ring (bicyclic) bond motifs is 1. The predicted octanol–water partition coefficient (Wildman–Crippen LogP) is 2.09. The summed E-state index contributed by atoms with van der Waals surface area (Å²) >= 11 is 0. The third-order valence-corrected chi connectivity index (χ3v) is 4.66. The number of aromatic nitrogens is 1. The van der Waals surface area contributed by atoms with Crippen LogP contribution in [0.15, 0.2) is 10.5 Å². The molecule has 0 aromatic carbocycles. The number of furan rings is 1. The first-order valence-electron chi connectivity index (χ1n) is 8.09. The molecule has 0 spiro atoms. The van der Waals surface area contributed by atoms with E-state index in [1.54, 1.807) is 6.07 Å². The molecule has 0 unspecified atom stereocenters. The number of nitrogens with zero attached hydrogens (tertiary/aromatic N) is 2. The van der Waals surface area contributed by atoms with E-state index in [1.807, 2.05) is 18.4 Å². The number of carbonyl (C=O) groups excluding carboxylic acids is 1. The van der Waals surface area contributed by atoms with E-state index in [1.165, 1.54) is 20.0 Å². The van der Waals surface area contributed by atoms with Crippen LogP contribution in [-0.2, 0) is 11.3 Å². The van der Waals surface area contributed by atoms with Gasteiger partial charge < -0.3 is 23.7 Å². The smallest absolute Gasteiger partial charge is 0.354 e. The number of methoxy groups -OCH3 is 1. The van der Waals surface area contributed by atoms with E-state index in [0.717, 1.165) is 29.9 Å². The van der Waals surface area contributed by atoms with Crippen LogP contribution in [0.2, 0.25) is 0 Å². The maximum absolute atomic E-state index is 12.0. The fraction of sp³-hybridized carbons (Fsp3) is 0.588. The van der Waals surface area contributed by atoms with Gasteiger partial charge in [-0.1, -0.05) is 0 Å². The average molecular weight is 320 g/mol. The van der Waals surface area contributed by atoms with Crippen molar-refractivity contribution >= 4 is 17.1 Å². The zero-order valence-corrected chi connectivity index (χ0v) is 14.0. The Morgan fingerprint density at radius 1 is 1.35 bits per heavy atom. The molecule has 3 rings (SSSR count). The quantitative estimate of drug-likeness (QED) is 0.855. The maximum Gasteiger partial charge on any atom is 0.354 e. The molecular formula is C17H24N2O4. The van der Waals surface area contributed by atoms with Gasteiger partial charge in [-0.2, -0.15) is 0 Å². The van der Waals surface area contributed by atoms with Gasteiger partial charge in [0.2, 0.25) is 0 Å². The summed E-state index contributed by atoms with van der Waals surface area (Å²) in [6, 6.07) is 1.70. The number of aliphatic hydroxyl groups is 1. The predicted molar refractivity (Wildman–Crippen MR) is 86.7 cm³/mol. The summed E-state index contributed by atoms with van der Waals surface area (Å²) in [5.41, 5.74) is 2.94. The molecule has 1 N–H and O–H groups in total. The molecule has 3 heterocycles. The first-order chi connectivity index (χ1) is 11.0. The Kier molecular flexibility index (Phi) is 4.46. The van der Waals surface area contributed by atoms with Crippen molar-refractivity contribution < 1.29 is 19.1 Å². The van der Waals surface area contributed by atoms with Gasteiger partial charge in [0.1, 0.15) is 11.5 Å². The zero-order valence-electron chi connectivity index (χ0n) is 14.0. The van der Waals surface area contributed by atoms with Crippen LogP contribution in [-0.4, -0.2) is 53.4 Å². The van der Waals surface area contributed by atoms with Gasteiger partial charge in [0.25, 0.3) is 0 Å². The SMILES string of the molecule is COC(=O)c1cc2oc(C)c(C)c2n1C[C@H](O)CN1CCCC1. The number of hydrogen-bond donors (Lipinski definition) is 1. The summed E-state index contributed by atoms with van der Waals surface area (Å²) in [7, 11) is 1.36. The molecule has 1 aliphatic heterocycles. The molecule has 2 aromatic heterocycles. The lowest BCUT2D eigenvalue weighted by Gasteiger charge is -2.21. The Morgan fingerprint density at radius 3 is 2.70 bits per heavy atom. The van der Waals surface area contributed by atoms with Gasteiger partial charge >= 0.3 is 5.97 Å². The highest BCUT2D eigenvalue weighted by molar-refractivity contribution is 5.95. The van der Waals surface area contributed by atoms with E-state index >= 15 is 0 Å². The van der Waals surface area contributed by atoms with E-state index in [-0.39, 0.29) is 0 Å². The first-order valence-corrected chi connectivity index (χ1v) is 8.09. The van der Waals surface area contributed by atoms with Crippen molar-refractivity contribution in [3.05, 3.63) is 23.1 Å². The molecule has 0 saturated carbocycles. The van der Waals surface area contributed by atoms with Crippen molar-refractivity contribution in [2.75, 3.05) is 26.7 Å². The third kappa shape index (κ3) is 3.01. The number of likely N-dealkylation sites (tertiary alicyclic amines) is 1. The molecule has 1 aliphatic rings. The lowest BCUT2D eigenvalue weighted by Crippen LogP contribution is -2.33. The molecule has 6 heteroatoms. The Morgan fingerprint density at radius 2 is 2.04 bits per heavy atom. The highest BCUT2D eigenvalue weighted by Crippen LogP contribution is 2.29. The number of aliphatic hydroxyl groups excluding tert-OH is 1. The second-order valence-corrected chi connectivity index (χ2v) is 6.29. The van der Waals surface area contributed by atoms with Crippen LogP contribution >= 0.6 is 0 Å². The van der Waals surface area contributed by atoms with Crippen molar-refractivity contribution in [1.29, 1.82) is 0 Å². The van der Waals surface area contributed by atoms with Crippen molar-refractivity contribution in [3.63, 3.8) is 0 Å². The number of esters is 1.